The van der Waals surface area contributed by atoms with Crippen molar-refractivity contribution in [2.45, 2.75) is 0 Å². The van der Waals surface area contributed by atoms with Gasteiger partial charge in [0.05, 0.1) is 28.6 Å². The Labute approximate surface area is 141 Å². The summed E-state index contributed by atoms with van der Waals surface area (Å²) >= 11 is 13.6. The van der Waals surface area contributed by atoms with E-state index in [4.69, 9.17) is 27.9 Å². The van der Waals surface area contributed by atoms with Gasteiger partial charge < -0.3 is 4.74 Å². The molecule has 2 aromatic carbocycles. The van der Waals surface area contributed by atoms with Gasteiger partial charge in [-0.1, -0.05) is 46.7 Å². The van der Waals surface area contributed by atoms with Crippen molar-refractivity contribution in [3.63, 3.8) is 0 Å². The molecule has 0 unspecified atom stereocenters. The first-order chi connectivity index (χ1) is 10.7. The van der Waals surface area contributed by atoms with E-state index in [2.05, 4.69) is 15.5 Å². The van der Waals surface area contributed by atoms with E-state index >= 15 is 0 Å². The Kier molecular flexibility index (Phi) is 4.47. The van der Waals surface area contributed by atoms with Gasteiger partial charge in [-0.2, -0.15) is 5.10 Å². The molecule has 0 saturated heterocycles. The number of nitrogens with zero attached hydrogens (tertiary/aromatic N) is 2. The van der Waals surface area contributed by atoms with Crippen LogP contribution in [0.2, 0.25) is 10.0 Å². The van der Waals surface area contributed by atoms with Crippen molar-refractivity contribution < 1.29 is 4.74 Å². The van der Waals surface area contributed by atoms with Gasteiger partial charge in [0.25, 0.3) is 0 Å². The lowest BCUT2D eigenvalue weighted by molar-refractivity contribution is 0.414. The lowest BCUT2D eigenvalue weighted by atomic mass is 10.2. The zero-order valence-corrected chi connectivity index (χ0v) is 13.8. The average Bonchev–Trinajstić information content (AvgIpc) is 2.89. The van der Waals surface area contributed by atoms with Gasteiger partial charge in [0.15, 0.2) is 0 Å². The fourth-order valence-corrected chi connectivity index (χ4v) is 3.37. The van der Waals surface area contributed by atoms with E-state index in [1.807, 2.05) is 24.3 Å². The number of halogens is 2. The van der Waals surface area contributed by atoms with Crippen molar-refractivity contribution >= 4 is 56.1 Å². The number of hydrazone groups is 1. The molecule has 1 heterocycles. The molecule has 0 aliphatic heterocycles. The standard InChI is InChI=1S/C15H11Cl2N3OS/c1-21-14-9(6-10(16)7-11(14)17)8-18-20-15-19-12-4-2-3-5-13(12)22-15/h2-8H,1H3,(H,19,20)/b18-8+. The summed E-state index contributed by atoms with van der Waals surface area (Å²) in [4.78, 5) is 4.43. The molecule has 0 aliphatic carbocycles. The maximum Gasteiger partial charge on any atom is 0.204 e. The minimum absolute atomic E-state index is 0.441. The van der Waals surface area contributed by atoms with Crippen molar-refractivity contribution in [1.29, 1.82) is 0 Å². The molecule has 3 rings (SSSR count). The largest absolute Gasteiger partial charge is 0.495 e. The highest BCUT2D eigenvalue weighted by Crippen LogP contribution is 2.31. The van der Waals surface area contributed by atoms with Gasteiger partial charge in [0.1, 0.15) is 5.75 Å². The second-order valence-corrected chi connectivity index (χ2v) is 6.24. The van der Waals surface area contributed by atoms with Crippen LogP contribution in [0, 0.1) is 0 Å². The topological polar surface area (TPSA) is 46.5 Å². The van der Waals surface area contributed by atoms with Crippen molar-refractivity contribution in [3.8, 4) is 5.75 Å². The average molecular weight is 352 g/mol. The van der Waals surface area contributed by atoms with Crippen LogP contribution in [0.1, 0.15) is 5.56 Å². The van der Waals surface area contributed by atoms with Gasteiger partial charge >= 0.3 is 0 Å². The molecule has 0 bridgehead atoms. The van der Waals surface area contributed by atoms with Gasteiger partial charge in [0.2, 0.25) is 5.13 Å². The summed E-state index contributed by atoms with van der Waals surface area (Å²) in [5.74, 6) is 0.529. The van der Waals surface area contributed by atoms with Gasteiger partial charge in [0, 0.05) is 10.6 Å². The number of methoxy groups -OCH3 is 1. The fourth-order valence-electron chi connectivity index (χ4n) is 1.97. The number of fused-ring (bicyclic) bond motifs is 1. The van der Waals surface area contributed by atoms with Crippen LogP contribution in [-0.4, -0.2) is 18.3 Å². The van der Waals surface area contributed by atoms with E-state index in [-0.39, 0.29) is 0 Å². The molecule has 0 fully saturated rings. The molecule has 0 amide bonds. The molecule has 0 saturated carbocycles. The predicted molar refractivity (Wildman–Crippen MR) is 93.9 cm³/mol. The number of benzene rings is 2. The summed E-state index contributed by atoms with van der Waals surface area (Å²) in [6, 6.07) is 11.3. The Morgan fingerprint density at radius 3 is 2.86 bits per heavy atom. The minimum atomic E-state index is 0.441. The summed E-state index contributed by atoms with van der Waals surface area (Å²) < 4.78 is 6.36. The molecule has 1 aromatic heterocycles. The van der Waals surface area contributed by atoms with E-state index in [0.717, 1.165) is 10.2 Å². The molecular formula is C15H11Cl2N3OS. The highest BCUT2D eigenvalue weighted by Gasteiger charge is 2.08. The Bertz CT molecular complexity index is 815. The number of aromatic nitrogens is 1. The highest BCUT2D eigenvalue weighted by atomic mass is 35.5. The molecule has 4 nitrogen and oxygen atoms in total. The van der Waals surface area contributed by atoms with Gasteiger partial charge in [-0.15, -0.1) is 0 Å². The molecule has 22 heavy (non-hydrogen) atoms. The third-order valence-electron chi connectivity index (χ3n) is 2.90. The molecule has 0 atom stereocenters. The van der Waals surface area contributed by atoms with Crippen molar-refractivity contribution in [2.24, 2.45) is 5.10 Å². The lowest BCUT2D eigenvalue weighted by Gasteiger charge is -2.07. The van der Waals surface area contributed by atoms with Crippen molar-refractivity contribution in [2.75, 3.05) is 12.5 Å². The van der Waals surface area contributed by atoms with Crippen LogP contribution in [-0.2, 0) is 0 Å². The summed E-state index contributed by atoms with van der Waals surface area (Å²) in [6.07, 6.45) is 1.60. The first kappa shape index (κ1) is 15.1. The maximum absolute atomic E-state index is 6.08. The minimum Gasteiger partial charge on any atom is -0.495 e. The maximum atomic E-state index is 6.08. The van der Waals surface area contributed by atoms with Crippen LogP contribution in [0.15, 0.2) is 41.5 Å². The smallest absolute Gasteiger partial charge is 0.204 e. The summed E-state index contributed by atoms with van der Waals surface area (Å²) in [7, 11) is 1.55. The van der Waals surface area contributed by atoms with Crippen LogP contribution >= 0.6 is 34.5 Å². The summed E-state index contributed by atoms with van der Waals surface area (Å²) in [5.41, 5.74) is 4.53. The normalized spacial score (nSPS) is 11.2. The predicted octanol–water partition coefficient (Wildman–Crippen LogP) is 5.06. The van der Waals surface area contributed by atoms with Crippen LogP contribution in [0.4, 0.5) is 5.13 Å². The van der Waals surface area contributed by atoms with Gasteiger partial charge in [-0.25, -0.2) is 4.98 Å². The molecule has 0 spiro atoms. The third-order valence-corrected chi connectivity index (χ3v) is 4.34. The van der Waals surface area contributed by atoms with E-state index < -0.39 is 0 Å². The second-order valence-electron chi connectivity index (χ2n) is 4.37. The number of nitrogens with one attached hydrogen (secondary N) is 1. The summed E-state index contributed by atoms with van der Waals surface area (Å²) in [6.45, 7) is 0. The Morgan fingerprint density at radius 1 is 1.27 bits per heavy atom. The number of thiazole rings is 1. The van der Waals surface area contributed by atoms with Gasteiger partial charge in [-0.3, -0.25) is 5.43 Å². The molecule has 7 heteroatoms. The van der Waals surface area contributed by atoms with Crippen LogP contribution in [0.25, 0.3) is 10.2 Å². The van der Waals surface area contributed by atoms with E-state index in [9.17, 15) is 0 Å². The number of hydrogen-bond acceptors (Lipinski definition) is 5. The highest BCUT2D eigenvalue weighted by molar-refractivity contribution is 7.22. The zero-order valence-electron chi connectivity index (χ0n) is 11.5. The monoisotopic (exact) mass is 351 g/mol. The molecule has 3 aromatic rings. The van der Waals surface area contributed by atoms with Crippen LogP contribution < -0.4 is 10.2 Å². The molecule has 0 aliphatic rings. The Hall–Kier alpha value is -1.82. The molecule has 1 N–H and O–H groups in total. The molecule has 112 valence electrons. The SMILES string of the molecule is COc1c(Cl)cc(Cl)cc1/C=N/Nc1nc2ccccc2s1. The first-order valence-corrected chi connectivity index (χ1v) is 7.92. The van der Waals surface area contributed by atoms with Crippen molar-refractivity contribution in [3.05, 3.63) is 52.0 Å². The van der Waals surface area contributed by atoms with E-state index in [1.165, 1.54) is 11.3 Å². The van der Waals surface area contributed by atoms with E-state index in [0.29, 0.717) is 26.5 Å². The van der Waals surface area contributed by atoms with E-state index in [1.54, 1.807) is 25.5 Å². The first-order valence-electron chi connectivity index (χ1n) is 6.35. The second kappa shape index (κ2) is 6.52. The quantitative estimate of drug-likeness (QED) is 0.527. The van der Waals surface area contributed by atoms with Crippen LogP contribution in [0.5, 0.6) is 5.75 Å². The van der Waals surface area contributed by atoms with Crippen molar-refractivity contribution in [1.82, 2.24) is 4.98 Å². The number of hydrogen-bond donors (Lipinski definition) is 1. The fraction of sp³-hybridized carbons (Fsp3) is 0.0667. The zero-order chi connectivity index (χ0) is 15.5. The number of anilines is 1. The third kappa shape index (κ3) is 3.16. The summed E-state index contributed by atoms with van der Waals surface area (Å²) in [5, 5.41) is 5.85. The van der Waals surface area contributed by atoms with Crippen LogP contribution in [0.3, 0.4) is 0 Å². The van der Waals surface area contributed by atoms with Gasteiger partial charge in [-0.05, 0) is 24.3 Å². The Balaban J connectivity index is 1.82. The number of rotatable bonds is 4. The number of ether oxygens (including phenoxy) is 1. The number of para-hydroxylation sites is 1. The Morgan fingerprint density at radius 2 is 2.09 bits per heavy atom. The molecule has 0 radical (unpaired) electrons. The lowest BCUT2D eigenvalue weighted by Crippen LogP contribution is -1.95. The molecular weight excluding hydrogens is 341 g/mol.